The monoisotopic (exact) mass is 411 g/mol. The average molecular weight is 412 g/mol. The lowest BCUT2D eigenvalue weighted by molar-refractivity contribution is 0.0930. The zero-order valence-corrected chi connectivity index (χ0v) is 17.7. The smallest absolute Gasteiger partial charge is 0.270 e. The Kier molecular flexibility index (Phi) is 7.01. The highest BCUT2D eigenvalue weighted by Gasteiger charge is 2.21. The highest BCUT2D eigenvalue weighted by molar-refractivity contribution is 6.31. The van der Waals surface area contributed by atoms with Crippen LogP contribution in [0.4, 0.5) is 0 Å². The van der Waals surface area contributed by atoms with E-state index in [2.05, 4.69) is 34.0 Å². The lowest BCUT2D eigenvalue weighted by Crippen LogP contribution is -2.38. The van der Waals surface area contributed by atoms with Crippen LogP contribution in [0.25, 0.3) is 5.69 Å². The minimum atomic E-state index is -0.214. The first-order valence-electron chi connectivity index (χ1n) is 9.78. The number of carbonyl (C=O) groups excluding carboxylic acids is 1. The van der Waals surface area contributed by atoms with Crippen molar-refractivity contribution in [3.63, 3.8) is 0 Å². The number of nitrogens with one attached hydrogen (secondary N) is 1. The fraction of sp³-hybridized carbons (Fsp3) is 0.318. The van der Waals surface area contributed by atoms with Gasteiger partial charge in [-0.05, 0) is 43.8 Å². The molecule has 1 atom stereocenters. The van der Waals surface area contributed by atoms with Gasteiger partial charge in [-0.1, -0.05) is 43.6 Å². The van der Waals surface area contributed by atoms with E-state index in [0.717, 1.165) is 30.2 Å². The van der Waals surface area contributed by atoms with E-state index < -0.39 is 0 Å². The lowest BCUT2D eigenvalue weighted by Gasteiger charge is -2.30. The number of carbonyl (C=O) groups is 1. The summed E-state index contributed by atoms with van der Waals surface area (Å²) in [7, 11) is 0. The van der Waals surface area contributed by atoms with Crippen LogP contribution in [0, 0.1) is 6.92 Å². The maximum Gasteiger partial charge on any atom is 0.270 e. The fourth-order valence-electron chi connectivity index (χ4n) is 3.47. The van der Waals surface area contributed by atoms with Gasteiger partial charge in [0.05, 0.1) is 11.7 Å². The minimum Gasteiger partial charge on any atom is -0.349 e. The third kappa shape index (κ3) is 4.83. The number of imidazole rings is 1. The molecule has 0 bridgehead atoms. The van der Waals surface area contributed by atoms with Crippen molar-refractivity contribution in [2.75, 3.05) is 19.6 Å². The Morgan fingerprint density at radius 2 is 1.93 bits per heavy atom. The van der Waals surface area contributed by atoms with Crippen molar-refractivity contribution >= 4 is 17.5 Å². The number of benzene rings is 1. The van der Waals surface area contributed by atoms with E-state index in [1.54, 1.807) is 18.5 Å². The van der Waals surface area contributed by atoms with E-state index in [-0.39, 0.29) is 11.9 Å². The minimum absolute atomic E-state index is 0.0123. The number of halogens is 1. The molecule has 0 radical (unpaired) electrons. The van der Waals surface area contributed by atoms with Gasteiger partial charge in [-0.15, -0.1) is 0 Å². The quantitative estimate of drug-likeness (QED) is 0.607. The van der Waals surface area contributed by atoms with Gasteiger partial charge in [-0.3, -0.25) is 14.7 Å². The van der Waals surface area contributed by atoms with Crippen LogP contribution in [0.1, 0.15) is 41.8 Å². The van der Waals surface area contributed by atoms with Gasteiger partial charge in [0.25, 0.3) is 5.91 Å². The number of nitrogens with zero attached hydrogens (tertiary/aromatic N) is 4. The fourth-order valence-corrected chi connectivity index (χ4v) is 3.73. The molecule has 152 valence electrons. The highest BCUT2D eigenvalue weighted by Crippen LogP contribution is 2.27. The van der Waals surface area contributed by atoms with Crippen molar-refractivity contribution in [1.29, 1.82) is 0 Å². The molecule has 0 aliphatic carbocycles. The second-order valence-corrected chi connectivity index (χ2v) is 7.12. The van der Waals surface area contributed by atoms with Crippen LogP contribution in [0.15, 0.2) is 55.0 Å². The zero-order valence-electron chi connectivity index (χ0n) is 17.0. The molecule has 29 heavy (non-hydrogen) atoms. The summed E-state index contributed by atoms with van der Waals surface area (Å²) in [5.74, 6) is 0.636. The molecule has 0 saturated carbocycles. The maximum absolute atomic E-state index is 12.8. The molecule has 0 unspecified atom stereocenters. The summed E-state index contributed by atoms with van der Waals surface area (Å²) in [4.78, 5) is 23.6. The molecular weight excluding hydrogens is 386 g/mol. The number of hydrogen-bond donors (Lipinski definition) is 1. The van der Waals surface area contributed by atoms with Gasteiger partial charge in [0, 0.05) is 30.2 Å². The standard InChI is InChI=1S/C22H26ClN5O/c1-4-27(5-2)21(18-8-6-7-9-19(18)23)15-26-22(29)20-14-17(10-11-25-20)28-13-12-24-16(28)3/h6-14,21H,4-5,15H2,1-3H3,(H,26,29)/t21-/m0/s1. The molecule has 1 N–H and O–H groups in total. The molecule has 6 nitrogen and oxygen atoms in total. The number of pyridine rings is 1. The summed E-state index contributed by atoms with van der Waals surface area (Å²) in [5, 5.41) is 3.74. The van der Waals surface area contributed by atoms with E-state index in [0.29, 0.717) is 17.3 Å². The van der Waals surface area contributed by atoms with Gasteiger partial charge in [0.15, 0.2) is 0 Å². The second kappa shape index (κ2) is 9.67. The Morgan fingerprint density at radius 3 is 2.59 bits per heavy atom. The van der Waals surface area contributed by atoms with Crippen molar-refractivity contribution in [1.82, 2.24) is 24.8 Å². The zero-order chi connectivity index (χ0) is 20.8. The highest BCUT2D eigenvalue weighted by atomic mass is 35.5. The third-order valence-corrected chi connectivity index (χ3v) is 5.40. The average Bonchev–Trinajstić information content (AvgIpc) is 3.17. The molecule has 3 rings (SSSR count). The van der Waals surface area contributed by atoms with Crippen molar-refractivity contribution in [3.05, 3.63) is 77.1 Å². The molecule has 0 fully saturated rings. The number of rotatable bonds is 8. The van der Waals surface area contributed by atoms with Crippen molar-refractivity contribution in [3.8, 4) is 5.69 Å². The Labute approximate surface area is 176 Å². The molecule has 7 heteroatoms. The summed E-state index contributed by atoms with van der Waals surface area (Å²) in [6.45, 7) is 8.28. The predicted molar refractivity (Wildman–Crippen MR) is 116 cm³/mol. The van der Waals surface area contributed by atoms with Gasteiger partial charge >= 0.3 is 0 Å². The first kappa shape index (κ1) is 21.0. The molecule has 0 aliphatic rings. The van der Waals surface area contributed by atoms with E-state index in [1.165, 1.54) is 0 Å². The summed E-state index contributed by atoms with van der Waals surface area (Å²) < 4.78 is 1.92. The van der Waals surface area contributed by atoms with Crippen molar-refractivity contribution < 1.29 is 4.79 Å². The Balaban J connectivity index is 1.79. The van der Waals surface area contributed by atoms with E-state index in [4.69, 9.17) is 11.6 Å². The third-order valence-electron chi connectivity index (χ3n) is 5.05. The van der Waals surface area contributed by atoms with Crippen LogP contribution >= 0.6 is 11.6 Å². The summed E-state index contributed by atoms with van der Waals surface area (Å²) in [6, 6.07) is 11.4. The Bertz CT molecular complexity index is 967. The van der Waals surface area contributed by atoms with E-state index >= 15 is 0 Å². The normalized spacial score (nSPS) is 12.2. The van der Waals surface area contributed by atoms with Gasteiger partial charge in [0.1, 0.15) is 11.5 Å². The molecule has 0 aliphatic heterocycles. The van der Waals surface area contributed by atoms with Crippen LogP contribution in [0.2, 0.25) is 5.02 Å². The molecule has 3 aromatic rings. The topological polar surface area (TPSA) is 63.1 Å². The van der Waals surface area contributed by atoms with Gasteiger partial charge in [-0.25, -0.2) is 4.98 Å². The van der Waals surface area contributed by atoms with Crippen LogP contribution in [0.3, 0.4) is 0 Å². The van der Waals surface area contributed by atoms with Crippen LogP contribution in [-0.2, 0) is 0 Å². The molecule has 0 spiro atoms. The Morgan fingerprint density at radius 1 is 1.17 bits per heavy atom. The molecule has 1 aromatic carbocycles. The first-order chi connectivity index (χ1) is 14.0. The molecule has 2 aromatic heterocycles. The van der Waals surface area contributed by atoms with E-state index in [1.807, 2.05) is 48.0 Å². The van der Waals surface area contributed by atoms with E-state index in [9.17, 15) is 4.79 Å². The lowest BCUT2D eigenvalue weighted by atomic mass is 10.0. The summed E-state index contributed by atoms with van der Waals surface area (Å²) >= 11 is 6.44. The largest absolute Gasteiger partial charge is 0.349 e. The van der Waals surface area contributed by atoms with Crippen molar-refractivity contribution in [2.24, 2.45) is 0 Å². The number of aromatic nitrogens is 3. The Hall–Kier alpha value is -2.70. The van der Waals surface area contributed by atoms with Crippen LogP contribution < -0.4 is 5.32 Å². The van der Waals surface area contributed by atoms with Crippen LogP contribution in [0.5, 0.6) is 0 Å². The first-order valence-corrected chi connectivity index (χ1v) is 10.2. The predicted octanol–water partition coefficient (Wildman–Crippen LogP) is 4.04. The van der Waals surface area contributed by atoms with Gasteiger partial charge < -0.3 is 9.88 Å². The van der Waals surface area contributed by atoms with Crippen molar-refractivity contribution in [2.45, 2.75) is 26.8 Å². The number of amides is 1. The number of likely N-dealkylation sites (N-methyl/N-ethyl adjacent to an activating group) is 1. The van der Waals surface area contributed by atoms with Gasteiger partial charge in [-0.2, -0.15) is 0 Å². The molecule has 2 heterocycles. The van der Waals surface area contributed by atoms with Crippen LogP contribution in [-0.4, -0.2) is 45.0 Å². The molecular formula is C22H26ClN5O. The van der Waals surface area contributed by atoms with Gasteiger partial charge in [0.2, 0.25) is 0 Å². The molecule has 1 amide bonds. The summed E-state index contributed by atoms with van der Waals surface area (Å²) in [6.07, 6.45) is 5.23. The maximum atomic E-state index is 12.8. The summed E-state index contributed by atoms with van der Waals surface area (Å²) in [5.41, 5.74) is 2.23. The second-order valence-electron chi connectivity index (χ2n) is 6.71. The number of aryl methyl sites for hydroxylation is 1. The number of hydrogen-bond acceptors (Lipinski definition) is 4. The SMILES string of the molecule is CCN(CC)[C@@H](CNC(=O)c1cc(-n2ccnc2C)ccn1)c1ccccc1Cl. The molecule has 0 saturated heterocycles.